The zero-order valence-corrected chi connectivity index (χ0v) is 11.4. The number of hydrogen-bond donors (Lipinski definition) is 2. The van der Waals surface area contributed by atoms with Crippen molar-refractivity contribution in [2.24, 2.45) is 0 Å². The average molecular weight is 316 g/mol. The number of fused-ring (bicyclic) bond motifs is 1. The van der Waals surface area contributed by atoms with E-state index in [1.807, 2.05) is 30.5 Å². The predicted octanol–water partition coefficient (Wildman–Crippen LogP) is 3.58. The Hall–Kier alpha value is -2.14. The van der Waals surface area contributed by atoms with Crippen LogP contribution in [0.2, 0.25) is 0 Å². The van der Waals surface area contributed by atoms with Crippen molar-refractivity contribution in [3.05, 3.63) is 58.8 Å². The summed E-state index contributed by atoms with van der Waals surface area (Å²) in [6.07, 6.45) is 3.48. The lowest BCUT2D eigenvalue weighted by Gasteiger charge is -2.06. The second-order valence-electron chi connectivity index (χ2n) is 4.07. The van der Waals surface area contributed by atoms with E-state index in [0.717, 1.165) is 15.4 Å². The molecule has 2 heterocycles. The zero-order valence-electron chi connectivity index (χ0n) is 9.85. The molecule has 0 radical (unpaired) electrons. The maximum atomic E-state index is 12.1. The second kappa shape index (κ2) is 4.85. The fourth-order valence-corrected chi connectivity index (χ4v) is 2.21. The van der Waals surface area contributed by atoms with Crippen molar-refractivity contribution in [1.29, 1.82) is 0 Å². The van der Waals surface area contributed by atoms with E-state index in [4.69, 9.17) is 0 Å². The molecule has 3 rings (SSSR count). The number of nitrogens with zero attached hydrogens (tertiary/aromatic N) is 1. The summed E-state index contributed by atoms with van der Waals surface area (Å²) in [6.45, 7) is 0. The van der Waals surface area contributed by atoms with Crippen LogP contribution < -0.4 is 5.32 Å². The SMILES string of the molecule is O=C(Nc1ncccc1Br)c1ccc2[nH]ccc2c1. The number of amides is 1. The van der Waals surface area contributed by atoms with Crippen LogP contribution in [0.4, 0.5) is 5.82 Å². The second-order valence-corrected chi connectivity index (χ2v) is 4.92. The van der Waals surface area contributed by atoms with Gasteiger partial charge in [-0.1, -0.05) is 0 Å². The van der Waals surface area contributed by atoms with Crippen LogP contribution in [0.1, 0.15) is 10.4 Å². The molecular weight excluding hydrogens is 306 g/mol. The Bertz CT molecular complexity index is 751. The number of pyridine rings is 1. The third kappa shape index (κ3) is 2.37. The standard InChI is InChI=1S/C14H10BrN3O/c15-11-2-1-6-17-13(11)18-14(19)10-3-4-12-9(8-10)5-7-16-12/h1-8,16H,(H,17,18,19). The summed E-state index contributed by atoms with van der Waals surface area (Å²) in [5.41, 5.74) is 1.61. The van der Waals surface area contributed by atoms with E-state index >= 15 is 0 Å². The monoisotopic (exact) mass is 315 g/mol. The van der Waals surface area contributed by atoms with Crippen LogP contribution in [0.25, 0.3) is 10.9 Å². The van der Waals surface area contributed by atoms with Gasteiger partial charge in [-0.2, -0.15) is 0 Å². The van der Waals surface area contributed by atoms with Crippen molar-refractivity contribution < 1.29 is 4.79 Å². The number of carbonyl (C=O) groups excluding carboxylic acids is 1. The van der Waals surface area contributed by atoms with Crippen molar-refractivity contribution in [1.82, 2.24) is 9.97 Å². The number of anilines is 1. The molecule has 0 aliphatic carbocycles. The highest BCUT2D eigenvalue weighted by Crippen LogP contribution is 2.20. The summed E-state index contributed by atoms with van der Waals surface area (Å²) >= 11 is 3.35. The first-order chi connectivity index (χ1) is 9.24. The molecule has 0 aliphatic heterocycles. The Morgan fingerprint density at radius 2 is 2.16 bits per heavy atom. The van der Waals surface area contributed by atoms with E-state index in [9.17, 15) is 4.79 Å². The van der Waals surface area contributed by atoms with Gasteiger partial charge in [-0.25, -0.2) is 4.98 Å². The topological polar surface area (TPSA) is 57.8 Å². The summed E-state index contributed by atoms with van der Waals surface area (Å²) < 4.78 is 0.756. The van der Waals surface area contributed by atoms with Crippen LogP contribution in [0, 0.1) is 0 Å². The highest BCUT2D eigenvalue weighted by Gasteiger charge is 2.09. The molecule has 0 spiro atoms. The Morgan fingerprint density at radius 3 is 3.00 bits per heavy atom. The van der Waals surface area contributed by atoms with Crippen LogP contribution >= 0.6 is 15.9 Å². The summed E-state index contributed by atoms with van der Waals surface area (Å²) in [7, 11) is 0. The highest BCUT2D eigenvalue weighted by atomic mass is 79.9. The van der Waals surface area contributed by atoms with Gasteiger partial charge in [-0.15, -0.1) is 0 Å². The van der Waals surface area contributed by atoms with Crippen molar-refractivity contribution in [2.75, 3.05) is 5.32 Å². The number of hydrogen-bond acceptors (Lipinski definition) is 2. The molecule has 2 N–H and O–H groups in total. The molecule has 0 saturated carbocycles. The molecule has 5 heteroatoms. The van der Waals surface area contributed by atoms with E-state index in [2.05, 4.69) is 31.2 Å². The molecule has 0 atom stereocenters. The van der Waals surface area contributed by atoms with E-state index in [0.29, 0.717) is 11.4 Å². The molecule has 0 fully saturated rings. The van der Waals surface area contributed by atoms with Gasteiger partial charge in [0.05, 0.1) is 4.47 Å². The fraction of sp³-hybridized carbons (Fsp3) is 0. The molecule has 0 bridgehead atoms. The molecule has 1 aromatic carbocycles. The van der Waals surface area contributed by atoms with Gasteiger partial charge in [0, 0.05) is 28.9 Å². The van der Waals surface area contributed by atoms with Crippen LogP contribution in [0.5, 0.6) is 0 Å². The smallest absolute Gasteiger partial charge is 0.256 e. The zero-order chi connectivity index (χ0) is 13.2. The van der Waals surface area contributed by atoms with Gasteiger partial charge >= 0.3 is 0 Å². The number of aromatic nitrogens is 2. The minimum absolute atomic E-state index is 0.178. The van der Waals surface area contributed by atoms with Crippen molar-refractivity contribution in [3.63, 3.8) is 0 Å². The average Bonchev–Trinajstić information content (AvgIpc) is 2.88. The van der Waals surface area contributed by atoms with Gasteiger partial charge < -0.3 is 10.3 Å². The van der Waals surface area contributed by atoms with Crippen molar-refractivity contribution in [2.45, 2.75) is 0 Å². The van der Waals surface area contributed by atoms with Crippen molar-refractivity contribution >= 4 is 38.6 Å². The molecule has 1 amide bonds. The summed E-state index contributed by atoms with van der Waals surface area (Å²) in [5.74, 6) is 0.337. The summed E-state index contributed by atoms with van der Waals surface area (Å²) in [6, 6.07) is 11.1. The maximum absolute atomic E-state index is 12.1. The largest absolute Gasteiger partial charge is 0.361 e. The maximum Gasteiger partial charge on any atom is 0.256 e. The van der Waals surface area contributed by atoms with Gasteiger partial charge in [0.2, 0.25) is 0 Å². The predicted molar refractivity (Wildman–Crippen MR) is 78.2 cm³/mol. The summed E-state index contributed by atoms with van der Waals surface area (Å²) in [4.78, 5) is 19.4. The van der Waals surface area contributed by atoms with E-state index < -0.39 is 0 Å². The molecule has 2 aromatic heterocycles. The lowest BCUT2D eigenvalue weighted by atomic mass is 10.1. The molecule has 4 nitrogen and oxygen atoms in total. The van der Waals surface area contributed by atoms with Crippen LogP contribution in [-0.4, -0.2) is 15.9 Å². The number of benzene rings is 1. The first-order valence-corrected chi connectivity index (χ1v) is 6.52. The molecule has 94 valence electrons. The molecule has 19 heavy (non-hydrogen) atoms. The van der Waals surface area contributed by atoms with Crippen LogP contribution in [0.3, 0.4) is 0 Å². The first kappa shape index (κ1) is 11.9. The van der Waals surface area contributed by atoms with Gasteiger partial charge in [-0.05, 0) is 52.3 Å². The molecular formula is C14H10BrN3O. The van der Waals surface area contributed by atoms with E-state index in [-0.39, 0.29) is 5.91 Å². The number of carbonyl (C=O) groups is 1. The number of rotatable bonds is 2. The lowest BCUT2D eigenvalue weighted by Crippen LogP contribution is -2.13. The molecule has 3 aromatic rings. The third-order valence-corrected chi connectivity index (χ3v) is 3.45. The van der Waals surface area contributed by atoms with Crippen molar-refractivity contribution in [3.8, 4) is 0 Å². The van der Waals surface area contributed by atoms with Gasteiger partial charge in [0.1, 0.15) is 5.82 Å². The Morgan fingerprint density at radius 1 is 1.26 bits per heavy atom. The highest BCUT2D eigenvalue weighted by molar-refractivity contribution is 9.10. The Labute approximate surface area is 118 Å². The van der Waals surface area contributed by atoms with E-state index in [1.165, 1.54) is 0 Å². The molecule has 0 unspecified atom stereocenters. The quantitative estimate of drug-likeness (QED) is 0.759. The number of nitrogens with one attached hydrogen (secondary N) is 2. The Kier molecular flexibility index (Phi) is 3.05. The normalized spacial score (nSPS) is 10.6. The van der Waals surface area contributed by atoms with Crippen LogP contribution in [0.15, 0.2) is 53.3 Å². The fourth-order valence-electron chi connectivity index (χ4n) is 1.85. The number of halogens is 1. The van der Waals surface area contributed by atoms with Gasteiger partial charge in [0.15, 0.2) is 0 Å². The van der Waals surface area contributed by atoms with Gasteiger partial charge in [-0.3, -0.25) is 4.79 Å². The summed E-state index contributed by atoms with van der Waals surface area (Å²) in [5, 5.41) is 3.78. The van der Waals surface area contributed by atoms with Crippen LogP contribution in [-0.2, 0) is 0 Å². The number of H-pyrrole nitrogens is 1. The third-order valence-electron chi connectivity index (χ3n) is 2.81. The molecule has 0 saturated heterocycles. The first-order valence-electron chi connectivity index (χ1n) is 5.73. The lowest BCUT2D eigenvalue weighted by molar-refractivity contribution is 0.102. The number of aromatic amines is 1. The Balaban J connectivity index is 1.89. The molecule has 0 aliphatic rings. The minimum atomic E-state index is -0.178. The van der Waals surface area contributed by atoms with E-state index in [1.54, 1.807) is 18.3 Å². The van der Waals surface area contributed by atoms with Gasteiger partial charge in [0.25, 0.3) is 5.91 Å². The minimum Gasteiger partial charge on any atom is -0.361 e.